The molecule has 12 nitrogen and oxygen atoms in total. The zero-order valence-corrected chi connectivity index (χ0v) is 41.8. The van der Waals surface area contributed by atoms with Crippen LogP contribution < -0.4 is 42.5 Å². The maximum Gasteiger partial charge on any atom is 0.0789 e. The number of nitrogens with one attached hydrogen (secondary N) is 8. The van der Waals surface area contributed by atoms with E-state index in [-0.39, 0.29) is 68.7 Å². The van der Waals surface area contributed by atoms with Crippen molar-refractivity contribution in [2.75, 3.05) is 52.4 Å². The van der Waals surface area contributed by atoms with Crippen LogP contribution in [-0.2, 0) is 0 Å². The van der Waals surface area contributed by atoms with E-state index < -0.39 is 0 Å². The first kappa shape index (κ1) is 62.2. The summed E-state index contributed by atoms with van der Waals surface area (Å²) in [6.07, 6.45) is -1.30. The molecule has 0 aliphatic heterocycles. The van der Waals surface area contributed by atoms with Crippen molar-refractivity contribution in [2.24, 2.45) is 0 Å². The number of aliphatic hydroxyl groups excluding tert-OH is 4. The Labute approximate surface area is 349 Å². The van der Waals surface area contributed by atoms with E-state index in [1.54, 1.807) is 0 Å². The lowest BCUT2D eigenvalue weighted by Crippen LogP contribution is -2.47. The van der Waals surface area contributed by atoms with Crippen molar-refractivity contribution in [1.29, 1.82) is 0 Å². The molecule has 0 saturated heterocycles. The molecule has 0 spiro atoms. The van der Waals surface area contributed by atoms with Gasteiger partial charge in [0.05, 0.1) is 24.4 Å². The summed E-state index contributed by atoms with van der Waals surface area (Å²) >= 11 is 0. The smallest absolute Gasteiger partial charge is 0.0789 e. The first-order valence-electron chi connectivity index (χ1n) is 21.1. The molecule has 0 heterocycles. The molecule has 344 valence electrons. The quantitative estimate of drug-likeness (QED) is 0.105. The van der Waals surface area contributed by atoms with Gasteiger partial charge in [0.25, 0.3) is 0 Å². The molecular formula is C44H104N8O4. The lowest BCUT2D eigenvalue weighted by atomic mass is 10.1. The first-order valence-corrected chi connectivity index (χ1v) is 21.1. The Morgan fingerprint density at radius 2 is 0.286 bits per heavy atom. The third-order valence-corrected chi connectivity index (χ3v) is 6.94. The van der Waals surface area contributed by atoms with Gasteiger partial charge in [-0.05, 0) is 166 Å². The summed E-state index contributed by atoms with van der Waals surface area (Å²) in [4.78, 5) is 0. The summed E-state index contributed by atoms with van der Waals surface area (Å²) in [7, 11) is 0. The van der Waals surface area contributed by atoms with E-state index in [1.807, 2.05) is 0 Å². The third kappa shape index (κ3) is 65.4. The van der Waals surface area contributed by atoms with Crippen LogP contribution in [-0.4, -0.2) is 142 Å². The van der Waals surface area contributed by atoms with Gasteiger partial charge in [0.15, 0.2) is 0 Å². The third-order valence-electron chi connectivity index (χ3n) is 6.94. The van der Waals surface area contributed by atoms with E-state index in [2.05, 4.69) is 209 Å². The molecule has 0 aromatic rings. The van der Waals surface area contributed by atoms with E-state index >= 15 is 0 Å². The summed E-state index contributed by atoms with van der Waals surface area (Å²) in [6.45, 7) is 55.3. The van der Waals surface area contributed by atoms with Gasteiger partial charge >= 0.3 is 0 Å². The van der Waals surface area contributed by atoms with Gasteiger partial charge in [-0.1, -0.05) is 0 Å². The van der Waals surface area contributed by atoms with Crippen LogP contribution in [0.25, 0.3) is 0 Å². The number of rotatable bonds is 16. The zero-order valence-electron chi connectivity index (χ0n) is 41.8. The minimum absolute atomic E-state index is 0.0721. The Balaban J connectivity index is -0.000000322. The first-order chi connectivity index (χ1) is 24.4. The molecule has 0 saturated carbocycles. The Kier molecular flexibility index (Phi) is 30.4. The second-order valence-electron chi connectivity index (χ2n) is 23.7. The van der Waals surface area contributed by atoms with E-state index in [1.165, 1.54) is 0 Å². The average molecular weight is 809 g/mol. The predicted octanol–water partition coefficient (Wildman–Crippen LogP) is 4.49. The maximum absolute atomic E-state index is 9.65. The van der Waals surface area contributed by atoms with Gasteiger partial charge in [-0.2, -0.15) is 0 Å². The van der Waals surface area contributed by atoms with Crippen LogP contribution in [0, 0.1) is 0 Å². The molecule has 0 rings (SSSR count). The molecule has 0 aromatic heterocycles. The van der Waals surface area contributed by atoms with Crippen molar-refractivity contribution >= 4 is 0 Å². The zero-order chi connectivity index (χ0) is 45.6. The lowest BCUT2D eigenvalue weighted by Gasteiger charge is -2.26. The summed E-state index contributed by atoms with van der Waals surface area (Å²) in [5.74, 6) is 0. The van der Waals surface area contributed by atoms with Crippen LogP contribution >= 0.6 is 0 Å². The fraction of sp³-hybridized carbons (Fsp3) is 1.00. The topological polar surface area (TPSA) is 177 Å². The van der Waals surface area contributed by atoms with Crippen molar-refractivity contribution in [3.63, 3.8) is 0 Å². The van der Waals surface area contributed by atoms with E-state index in [4.69, 9.17) is 0 Å². The highest BCUT2D eigenvalue weighted by atomic mass is 16.3. The van der Waals surface area contributed by atoms with Gasteiger partial charge in [0.2, 0.25) is 0 Å². The summed E-state index contributed by atoms with van der Waals surface area (Å²) in [5.41, 5.74) is 0.577. The molecule has 12 heteroatoms. The van der Waals surface area contributed by atoms with E-state index in [9.17, 15) is 20.4 Å². The summed E-state index contributed by atoms with van der Waals surface area (Å²) < 4.78 is 0. The van der Waals surface area contributed by atoms with Gasteiger partial charge in [-0.15, -0.1) is 0 Å². The highest BCUT2D eigenvalue weighted by Crippen LogP contribution is 2.04. The fourth-order valence-corrected chi connectivity index (χ4v) is 3.68. The highest BCUT2D eigenvalue weighted by molar-refractivity contribution is 4.80. The number of aliphatic hydroxyl groups is 4. The molecule has 0 amide bonds. The van der Waals surface area contributed by atoms with Crippen LogP contribution in [0.2, 0.25) is 0 Å². The SMILES string of the molecule is CC(C)(C)NCC(O)CNC(C)(C)C.CC(C)(C)NCC(O)CNC(C)(C)C.CC(C)(C)NCC(O)CNC(C)(C)C.CC(C)(C)NCC(O)CNC(C)(C)C. The second kappa shape index (κ2) is 27.4. The number of hydrogen-bond donors (Lipinski definition) is 12. The number of hydrogen-bond acceptors (Lipinski definition) is 12. The van der Waals surface area contributed by atoms with Crippen LogP contribution in [0.4, 0.5) is 0 Å². The van der Waals surface area contributed by atoms with Crippen molar-refractivity contribution in [2.45, 2.75) is 235 Å². The molecule has 0 fully saturated rings. The molecule has 12 N–H and O–H groups in total. The van der Waals surface area contributed by atoms with Crippen molar-refractivity contribution in [1.82, 2.24) is 42.5 Å². The van der Waals surface area contributed by atoms with Crippen LogP contribution in [0.1, 0.15) is 166 Å². The van der Waals surface area contributed by atoms with E-state index in [0.29, 0.717) is 52.4 Å². The molecule has 0 unspecified atom stereocenters. The van der Waals surface area contributed by atoms with Gasteiger partial charge in [-0.25, -0.2) is 0 Å². The van der Waals surface area contributed by atoms with Crippen molar-refractivity contribution in [3.05, 3.63) is 0 Å². The monoisotopic (exact) mass is 809 g/mol. The fourth-order valence-electron chi connectivity index (χ4n) is 3.68. The van der Waals surface area contributed by atoms with Crippen LogP contribution in [0.15, 0.2) is 0 Å². The summed E-state index contributed by atoms with van der Waals surface area (Å²) in [6, 6.07) is 0. The van der Waals surface area contributed by atoms with Gasteiger partial charge < -0.3 is 63.0 Å². The van der Waals surface area contributed by atoms with E-state index in [0.717, 1.165) is 0 Å². The Hall–Kier alpha value is -0.480. The standard InChI is InChI=1S/4C11H26N2O/c4*1-10(2,3)12-7-9(14)8-13-11(4,5)6/h4*9,12-14H,7-8H2,1-6H3. The van der Waals surface area contributed by atoms with Gasteiger partial charge in [-0.3, -0.25) is 0 Å². The lowest BCUT2D eigenvalue weighted by molar-refractivity contribution is 0.149. The predicted molar refractivity (Wildman–Crippen MR) is 246 cm³/mol. The molecule has 0 aliphatic carbocycles. The average Bonchev–Trinajstić information content (AvgIpc) is 2.94. The molecule has 0 atom stereocenters. The molecule has 56 heavy (non-hydrogen) atoms. The van der Waals surface area contributed by atoms with Gasteiger partial charge in [0.1, 0.15) is 0 Å². The van der Waals surface area contributed by atoms with Crippen LogP contribution in [0.3, 0.4) is 0 Å². The van der Waals surface area contributed by atoms with Crippen LogP contribution in [0.5, 0.6) is 0 Å². The Morgan fingerprint density at radius 3 is 0.339 bits per heavy atom. The minimum Gasteiger partial charge on any atom is -0.390 e. The number of β-amino-alcohol motifs (C(OH)–C–C–N with tert-alkyl or cyclic N) is 4. The minimum atomic E-state index is -0.326. The summed E-state index contributed by atoms with van der Waals surface area (Å²) in [5, 5.41) is 64.7. The van der Waals surface area contributed by atoms with Gasteiger partial charge in [0, 0.05) is 96.7 Å². The molecule has 0 bridgehead atoms. The maximum atomic E-state index is 9.65. The molecule has 0 radical (unpaired) electrons. The molecule has 0 aromatic carbocycles. The second-order valence-corrected chi connectivity index (χ2v) is 23.7. The highest BCUT2D eigenvalue weighted by Gasteiger charge is 2.18. The molecule has 0 aliphatic rings. The Morgan fingerprint density at radius 1 is 0.214 bits per heavy atom. The largest absolute Gasteiger partial charge is 0.390 e. The van der Waals surface area contributed by atoms with Crippen molar-refractivity contribution < 1.29 is 20.4 Å². The normalized spacial score (nSPS) is 13.7. The van der Waals surface area contributed by atoms with Crippen molar-refractivity contribution in [3.8, 4) is 0 Å². The molecular weight excluding hydrogens is 705 g/mol. The Bertz CT molecular complexity index is 703.